The first-order valence-electron chi connectivity index (χ1n) is 9.06. The molecule has 6 rings (SSSR count). The van der Waals surface area contributed by atoms with Gasteiger partial charge in [-0.1, -0.05) is 42.5 Å². The Morgan fingerprint density at radius 1 is 0.920 bits per heavy atom. The smallest absolute Gasteiger partial charge is 0.316 e. The number of benzene rings is 2. The zero-order valence-corrected chi connectivity index (χ0v) is 14.1. The number of piperidine rings is 3. The fourth-order valence-electron chi connectivity index (χ4n) is 4.17. The van der Waals surface area contributed by atoms with E-state index in [4.69, 9.17) is 4.74 Å². The molecule has 126 valence electrons. The highest BCUT2D eigenvalue weighted by atomic mass is 16.5. The van der Waals surface area contributed by atoms with E-state index >= 15 is 0 Å². The molecule has 4 nitrogen and oxygen atoms in total. The van der Waals surface area contributed by atoms with Crippen LogP contribution in [0.4, 0.5) is 0 Å². The maximum Gasteiger partial charge on any atom is 0.316 e. The van der Waals surface area contributed by atoms with Crippen LogP contribution in [0.15, 0.2) is 54.9 Å². The third kappa shape index (κ3) is 2.76. The highest BCUT2D eigenvalue weighted by Gasteiger charge is 2.35. The molecule has 0 amide bonds. The van der Waals surface area contributed by atoms with Gasteiger partial charge in [-0.2, -0.15) is 0 Å². The monoisotopic (exact) mass is 331 g/mol. The summed E-state index contributed by atoms with van der Waals surface area (Å²) in [6, 6.07) is 15.2. The molecular formula is C21H21N3O. The fourth-order valence-corrected chi connectivity index (χ4v) is 4.17. The summed E-state index contributed by atoms with van der Waals surface area (Å²) in [4.78, 5) is 11.5. The minimum atomic E-state index is 0.242. The first-order valence-corrected chi connectivity index (χ1v) is 9.06. The van der Waals surface area contributed by atoms with Crippen LogP contribution in [0.5, 0.6) is 6.01 Å². The summed E-state index contributed by atoms with van der Waals surface area (Å²) in [7, 11) is 0. The minimum absolute atomic E-state index is 0.242. The number of hydrogen-bond donors (Lipinski definition) is 0. The van der Waals surface area contributed by atoms with Crippen LogP contribution in [0.3, 0.4) is 0 Å². The highest BCUT2D eigenvalue weighted by molar-refractivity contribution is 5.96. The molecule has 0 radical (unpaired) electrons. The van der Waals surface area contributed by atoms with Crippen molar-refractivity contribution in [2.45, 2.75) is 18.9 Å². The lowest BCUT2D eigenvalue weighted by atomic mass is 9.86. The third-order valence-corrected chi connectivity index (χ3v) is 5.58. The molecule has 0 saturated carbocycles. The predicted molar refractivity (Wildman–Crippen MR) is 98.6 cm³/mol. The molecule has 3 aliphatic heterocycles. The van der Waals surface area contributed by atoms with E-state index in [0.717, 1.165) is 17.7 Å². The molecule has 3 fully saturated rings. The SMILES string of the molecule is c1ccc2c(-c3cnc(O[C@H]4CN5CCC4CC5)nc3)cccc2c1. The van der Waals surface area contributed by atoms with Crippen molar-refractivity contribution < 1.29 is 4.74 Å². The molecule has 4 heterocycles. The van der Waals surface area contributed by atoms with Crippen LogP contribution in [-0.2, 0) is 0 Å². The van der Waals surface area contributed by atoms with Crippen molar-refractivity contribution in [3.63, 3.8) is 0 Å². The summed E-state index contributed by atoms with van der Waals surface area (Å²) in [6.07, 6.45) is 6.47. The van der Waals surface area contributed by atoms with Crippen LogP contribution >= 0.6 is 0 Å². The van der Waals surface area contributed by atoms with Crippen molar-refractivity contribution in [3.8, 4) is 17.1 Å². The van der Waals surface area contributed by atoms with Crippen LogP contribution in [0, 0.1) is 5.92 Å². The van der Waals surface area contributed by atoms with Gasteiger partial charge in [-0.3, -0.25) is 4.90 Å². The maximum atomic E-state index is 6.10. The average Bonchev–Trinajstić information content (AvgIpc) is 2.69. The highest BCUT2D eigenvalue weighted by Crippen LogP contribution is 2.31. The lowest BCUT2D eigenvalue weighted by molar-refractivity contribution is -0.0123. The molecule has 0 aliphatic carbocycles. The van der Waals surface area contributed by atoms with Crippen molar-refractivity contribution >= 4 is 10.8 Å². The van der Waals surface area contributed by atoms with Crippen molar-refractivity contribution in [2.75, 3.05) is 19.6 Å². The van der Waals surface area contributed by atoms with E-state index in [9.17, 15) is 0 Å². The van der Waals surface area contributed by atoms with Gasteiger partial charge in [0, 0.05) is 24.5 Å². The molecule has 0 spiro atoms. The molecule has 1 atom stereocenters. The molecule has 2 aromatic carbocycles. The molecule has 25 heavy (non-hydrogen) atoms. The molecular weight excluding hydrogens is 310 g/mol. The summed E-state index contributed by atoms with van der Waals surface area (Å²) < 4.78 is 6.10. The van der Waals surface area contributed by atoms with E-state index in [2.05, 4.69) is 57.3 Å². The minimum Gasteiger partial charge on any atom is -0.458 e. The van der Waals surface area contributed by atoms with Gasteiger partial charge in [0.1, 0.15) is 6.10 Å². The van der Waals surface area contributed by atoms with Crippen molar-refractivity contribution in [1.82, 2.24) is 14.9 Å². The molecule has 3 aromatic rings. The van der Waals surface area contributed by atoms with Gasteiger partial charge in [0.25, 0.3) is 0 Å². The summed E-state index contributed by atoms with van der Waals surface area (Å²) in [5, 5.41) is 2.45. The van der Waals surface area contributed by atoms with Crippen LogP contribution in [0.2, 0.25) is 0 Å². The summed E-state index contributed by atoms with van der Waals surface area (Å²) in [5.41, 5.74) is 2.19. The van der Waals surface area contributed by atoms with E-state index in [0.29, 0.717) is 11.9 Å². The second-order valence-electron chi connectivity index (χ2n) is 7.08. The Hall–Kier alpha value is -2.46. The molecule has 2 bridgehead atoms. The lowest BCUT2D eigenvalue weighted by Crippen LogP contribution is -2.52. The van der Waals surface area contributed by atoms with Gasteiger partial charge in [-0.05, 0) is 48.2 Å². The van der Waals surface area contributed by atoms with Crippen molar-refractivity contribution in [3.05, 3.63) is 54.9 Å². The number of aromatic nitrogens is 2. The molecule has 4 heteroatoms. The Kier molecular flexibility index (Phi) is 3.63. The Balaban J connectivity index is 1.40. The second-order valence-corrected chi connectivity index (χ2v) is 7.08. The van der Waals surface area contributed by atoms with Crippen LogP contribution in [0.25, 0.3) is 21.9 Å². The van der Waals surface area contributed by atoms with Crippen LogP contribution in [-0.4, -0.2) is 40.6 Å². The third-order valence-electron chi connectivity index (χ3n) is 5.58. The molecule has 0 N–H and O–H groups in total. The summed E-state index contributed by atoms with van der Waals surface area (Å²) >= 11 is 0. The van der Waals surface area contributed by atoms with Crippen LogP contribution in [0.1, 0.15) is 12.8 Å². The number of rotatable bonds is 3. The molecule has 1 aromatic heterocycles. The van der Waals surface area contributed by atoms with Gasteiger partial charge in [-0.15, -0.1) is 0 Å². The van der Waals surface area contributed by atoms with Crippen molar-refractivity contribution in [2.24, 2.45) is 5.92 Å². The first-order chi connectivity index (χ1) is 12.4. The van der Waals surface area contributed by atoms with Gasteiger partial charge in [0.05, 0.1) is 0 Å². The Morgan fingerprint density at radius 3 is 2.44 bits per heavy atom. The van der Waals surface area contributed by atoms with Crippen LogP contribution < -0.4 is 4.74 Å². The Morgan fingerprint density at radius 2 is 1.68 bits per heavy atom. The number of nitrogens with zero attached hydrogens (tertiary/aromatic N) is 3. The zero-order valence-electron chi connectivity index (χ0n) is 14.1. The van der Waals surface area contributed by atoms with E-state index in [1.807, 2.05) is 12.4 Å². The fraction of sp³-hybridized carbons (Fsp3) is 0.333. The van der Waals surface area contributed by atoms with Gasteiger partial charge in [-0.25, -0.2) is 9.97 Å². The maximum absolute atomic E-state index is 6.10. The van der Waals surface area contributed by atoms with E-state index in [1.165, 1.54) is 36.7 Å². The van der Waals surface area contributed by atoms with Gasteiger partial charge in [0.2, 0.25) is 0 Å². The number of fused-ring (bicyclic) bond motifs is 4. The molecule has 3 aliphatic rings. The number of hydrogen-bond acceptors (Lipinski definition) is 4. The summed E-state index contributed by atoms with van der Waals surface area (Å²) in [5.74, 6) is 0.659. The largest absolute Gasteiger partial charge is 0.458 e. The standard InChI is InChI=1S/C21H21N3O/c1-2-6-18-15(4-1)5-3-7-19(18)17-12-22-21(23-13-17)25-20-14-24-10-8-16(20)9-11-24/h1-7,12-13,16,20H,8-11,14H2/t20-/m0/s1. The normalized spacial score (nSPS) is 25.2. The second kappa shape index (κ2) is 6.12. The van der Waals surface area contributed by atoms with Gasteiger partial charge >= 0.3 is 6.01 Å². The first kappa shape index (κ1) is 14.8. The van der Waals surface area contributed by atoms with Crippen molar-refractivity contribution in [1.29, 1.82) is 0 Å². The van der Waals surface area contributed by atoms with Gasteiger partial charge in [0.15, 0.2) is 0 Å². The average molecular weight is 331 g/mol. The Labute approximate surface area is 147 Å². The predicted octanol–water partition coefficient (Wildman–Crippen LogP) is 3.77. The summed E-state index contributed by atoms with van der Waals surface area (Å²) in [6.45, 7) is 3.44. The zero-order chi connectivity index (χ0) is 16.6. The molecule has 0 unspecified atom stereocenters. The lowest BCUT2D eigenvalue weighted by Gasteiger charge is -2.43. The topological polar surface area (TPSA) is 38.2 Å². The molecule has 3 saturated heterocycles. The van der Waals surface area contributed by atoms with E-state index < -0.39 is 0 Å². The number of ether oxygens (including phenoxy) is 1. The Bertz CT molecular complexity index is 880. The van der Waals surface area contributed by atoms with E-state index in [1.54, 1.807) is 0 Å². The van der Waals surface area contributed by atoms with Gasteiger partial charge < -0.3 is 4.74 Å². The quantitative estimate of drug-likeness (QED) is 0.732. The van der Waals surface area contributed by atoms with E-state index in [-0.39, 0.29) is 6.10 Å².